The molecule has 0 fully saturated rings. The molecule has 0 saturated carbocycles. The van der Waals surface area contributed by atoms with Crippen LogP contribution in [0.25, 0.3) is 0 Å². The van der Waals surface area contributed by atoms with Crippen LogP contribution in [-0.2, 0) is 19.5 Å². The van der Waals surface area contributed by atoms with Gasteiger partial charge in [-0.1, -0.05) is 112 Å². The first-order chi connectivity index (χ1) is 19.2. The van der Waals surface area contributed by atoms with Crippen LogP contribution in [0, 0.1) is 0 Å². The second kappa shape index (κ2) is 17.3. The Bertz CT molecular complexity index is 1440. The smallest absolute Gasteiger partial charge is 0.871 e. The van der Waals surface area contributed by atoms with E-state index < -0.39 is 0 Å². The fourth-order valence-electron chi connectivity index (χ4n) is 2.98. The third-order valence-corrected chi connectivity index (χ3v) is 6.98. The molecule has 204 valence electrons. The average Bonchev–Trinajstić information content (AvgIpc) is 2.95. The standard InChI is InChI=1S/2C14H10Br2N2O2.Zn/c2*15-11-6-10(13(19)12(16)7-11)8-17-18-14(20)9-4-2-1-3-5-9;/h2*1-8,19H,(H,18,20);/q;;+2/p-2/b17-8+;17-8-;. The van der Waals surface area contributed by atoms with Crippen LogP contribution < -0.4 is 21.1 Å². The van der Waals surface area contributed by atoms with Gasteiger partial charge in [-0.05, 0) is 59.7 Å². The summed E-state index contributed by atoms with van der Waals surface area (Å²) in [7, 11) is 0. The SMILES string of the molecule is O=C(N/N=C/c1cc(Br)cc(Br)c1[O-])c1ccccc1.O=C(N/N=C\c1cc(Br)cc(Br)c1[O-])c1ccccc1.[Zn+2]. The van der Waals surface area contributed by atoms with E-state index in [1.54, 1.807) is 72.8 Å². The Labute approximate surface area is 282 Å². The minimum atomic E-state index is -0.330. The molecule has 0 radical (unpaired) electrons. The van der Waals surface area contributed by atoms with E-state index in [2.05, 4.69) is 84.8 Å². The summed E-state index contributed by atoms with van der Waals surface area (Å²) < 4.78 is 2.37. The molecular weight excluding hydrogens is 841 g/mol. The molecule has 41 heavy (non-hydrogen) atoms. The zero-order chi connectivity index (χ0) is 29.1. The maximum Gasteiger partial charge on any atom is 2.00 e. The molecular formula is C28H18Br4N4O4Zn. The van der Waals surface area contributed by atoms with Crippen molar-refractivity contribution in [2.75, 3.05) is 0 Å². The number of amides is 2. The number of halogens is 4. The molecule has 0 unspecified atom stereocenters. The summed E-state index contributed by atoms with van der Waals surface area (Å²) in [5.74, 6) is -1.04. The predicted octanol–water partition coefficient (Wildman–Crippen LogP) is 6.10. The molecule has 0 saturated heterocycles. The van der Waals surface area contributed by atoms with Crippen molar-refractivity contribution in [1.82, 2.24) is 10.9 Å². The van der Waals surface area contributed by atoms with Crippen LogP contribution >= 0.6 is 63.7 Å². The number of nitrogens with zero attached hydrogens (tertiary/aromatic N) is 2. The van der Waals surface area contributed by atoms with Gasteiger partial charge in [0.1, 0.15) is 0 Å². The zero-order valence-corrected chi connectivity index (χ0v) is 30.3. The van der Waals surface area contributed by atoms with Crippen molar-refractivity contribution < 1.29 is 39.3 Å². The number of hydrogen-bond donors (Lipinski definition) is 2. The van der Waals surface area contributed by atoms with E-state index in [9.17, 15) is 19.8 Å². The maximum atomic E-state index is 11.8. The van der Waals surface area contributed by atoms with Gasteiger partial charge in [-0.15, -0.1) is 0 Å². The van der Waals surface area contributed by atoms with Crippen LogP contribution in [0.4, 0.5) is 0 Å². The maximum absolute atomic E-state index is 11.8. The van der Waals surface area contributed by atoms with Gasteiger partial charge in [0.25, 0.3) is 11.8 Å². The molecule has 2 amide bonds. The average molecular weight is 859 g/mol. The summed E-state index contributed by atoms with van der Waals surface area (Å²) in [6, 6.07) is 24.0. The second-order valence-electron chi connectivity index (χ2n) is 7.74. The topological polar surface area (TPSA) is 129 Å². The fourth-order valence-corrected chi connectivity index (χ4v) is 5.50. The number of hydrogen-bond acceptors (Lipinski definition) is 6. The van der Waals surface area contributed by atoms with Crippen molar-refractivity contribution in [1.29, 1.82) is 0 Å². The Balaban J connectivity index is 0.000000280. The van der Waals surface area contributed by atoms with Crippen LogP contribution in [0.1, 0.15) is 31.8 Å². The van der Waals surface area contributed by atoms with Crippen molar-refractivity contribution in [2.24, 2.45) is 10.2 Å². The van der Waals surface area contributed by atoms with E-state index in [1.807, 2.05) is 12.1 Å². The summed E-state index contributed by atoms with van der Waals surface area (Å²) in [6.07, 6.45) is 2.64. The number of nitrogens with one attached hydrogen (secondary N) is 2. The molecule has 4 aromatic carbocycles. The molecule has 0 aliphatic rings. The molecule has 0 heterocycles. The summed E-state index contributed by atoms with van der Waals surface area (Å²) in [6.45, 7) is 0. The normalized spacial score (nSPS) is 10.4. The predicted molar refractivity (Wildman–Crippen MR) is 166 cm³/mol. The van der Waals surface area contributed by atoms with Gasteiger partial charge in [0, 0.05) is 29.0 Å². The molecule has 13 heteroatoms. The molecule has 8 nitrogen and oxygen atoms in total. The quantitative estimate of drug-likeness (QED) is 0.138. The first kappa shape index (κ1) is 34.5. The molecule has 0 aliphatic heterocycles. The molecule has 0 atom stereocenters. The van der Waals surface area contributed by atoms with Gasteiger partial charge in [0.2, 0.25) is 0 Å². The van der Waals surface area contributed by atoms with E-state index >= 15 is 0 Å². The monoisotopic (exact) mass is 854 g/mol. The Morgan fingerprint density at radius 3 is 1.29 bits per heavy atom. The summed E-state index contributed by atoms with van der Waals surface area (Å²) in [4.78, 5) is 23.5. The van der Waals surface area contributed by atoms with Crippen LogP contribution in [0.2, 0.25) is 0 Å². The Morgan fingerprint density at radius 1 is 0.610 bits per heavy atom. The van der Waals surface area contributed by atoms with E-state index in [-0.39, 0.29) is 42.8 Å². The van der Waals surface area contributed by atoms with Gasteiger partial charge in [0.15, 0.2) is 0 Å². The molecule has 0 spiro atoms. The van der Waals surface area contributed by atoms with Crippen LogP contribution in [0.15, 0.2) is 113 Å². The van der Waals surface area contributed by atoms with E-state index in [0.29, 0.717) is 31.2 Å². The van der Waals surface area contributed by atoms with Crippen LogP contribution in [-0.4, -0.2) is 24.2 Å². The van der Waals surface area contributed by atoms with Crippen molar-refractivity contribution in [3.63, 3.8) is 0 Å². The van der Waals surface area contributed by atoms with Gasteiger partial charge in [-0.25, -0.2) is 10.9 Å². The Kier molecular flexibility index (Phi) is 14.6. The molecule has 0 aliphatic carbocycles. The van der Waals surface area contributed by atoms with Crippen LogP contribution in [0.3, 0.4) is 0 Å². The minimum Gasteiger partial charge on any atom is -0.871 e. The van der Waals surface area contributed by atoms with Crippen molar-refractivity contribution in [2.45, 2.75) is 0 Å². The Morgan fingerprint density at radius 2 is 0.951 bits per heavy atom. The van der Waals surface area contributed by atoms with Crippen molar-refractivity contribution >= 4 is 88.0 Å². The summed E-state index contributed by atoms with van der Waals surface area (Å²) in [5, 5.41) is 31.2. The number of benzene rings is 4. The van der Waals surface area contributed by atoms with Gasteiger partial charge in [0.05, 0.1) is 12.4 Å². The second-order valence-corrected chi connectivity index (χ2v) is 11.3. The van der Waals surface area contributed by atoms with Gasteiger partial charge in [-0.3, -0.25) is 9.59 Å². The van der Waals surface area contributed by atoms with Crippen molar-refractivity contribution in [3.05, 3.63) is 125 Å². The number of carbonyl (C=O) groups excluding carboxylic acids is 2. The van der Waals surface area contributed by atoms with Gasteiger partial charge >= 0.3 is 19.5 Å². The summed E-state index contributed by atoms with van der Waals surface area (Å²) >= 11 is 12.9. The molecule has 2 N–H and O–H groups in total. The Hall–Kier alpha value is -2.70. The first-order valence-corrected chi connectivity index (χ1v) is 14.4. The molecule has 0 bridgehead atoms. The fraction of sp³-hybridized carbons (Fsp3) is 0. The minimum absolute atomic E-state index is 0. The largest absolute Gasteiger partial charge is 2.00 e. The molecule has 4 aromatic rings. The van der Waals surface area contributed by atoms with E-state index in [4.69, 9.17) is 0 Å². The van der Waals surface area contributed by atoms with Crippen LogP contribution in [0.5, 0.6) is 11.5 Å². The third-order valence-electron chi connectivity index (χ3n) is 4.89. The number of hydrazone groups is 2. The van der Waals surface area contributed by atoms with Gasteiger partial charge in [-0.2, -0.15) is 10.2 Å². The van der Waals surface area contributed by atoms with Gasteiger partial charge < -0.3 is 10.2 Å². The number of rotatable bonds is 6. The third kappa shape index (κ3) is 10.9. The zero-order valence-electron chi connectivity index (χ0n) is 21.0. The van der Waals surface area contributed by atoms with E-state index in [0.717, 1.165) is 8.95 Å². The first-order valence-electron chi connectivity index (χ1n) is 11.2. The molecule has 0 aromatic heterocycles. The van der Waals surface area contributed by atoms with E-state index in [1.165, 1.54) is 12.4 Å². The summed E-state index contributed by atoms with van der Waals surface area (Å²) in [5.41, 5.74) is 6.50. The van der Waals surface area contributed by atoms with Crippen molar-refractivity contribution in [3.8, 4) is 11.5 Å². The molecule has 4 rings (SSSR count). The number of carbonyl (C=O) groups is 2.